The Morgan fingerprint density at radius 3 is 2.41 bits per heavy atom. The van der Waals surface area contributed by atoms with Crippen LogP contribution in [-0.4, -0.2) is 46.4 Å². The summed E-state index contributed by atoms with van der Waals surface area (Å²) in [6, 6.07) is 0. The largest absolute Gasteiger partial charge is 0.479 e. The van der Waals surface area contributed by atoms with Crippen LogP contribution in [0.1, 0.15) is 27.7 Å². The molecule has 0 saturated carbocycles. The van der Waals surface area contributed by atoms with Crippen LogP contribution in [0.4, 0.5) is 0 Å². The number of ether oxygens (including phenoxy) is 2. The summed E-state index contributed by atoms with van der Waals surface area (Å²) in [7, 11) is 0. The van der Waals surface area contributed by atoms with Gasteiger partial charge in [-0.2, -0.15) is 0 Å². The first-order valence-electron chi connectivity index (χ1n) is 5.62. The Balaban J connectivity index is 2.94. The van der Waals surface area contributed by atoms with Gasteiger partial charge in [0, 0.05) is 19.0 Å². The van der Waals surface area contributed by atoms with E-state index in [4.69, 9.17) is 14.6 Å². The topological polar surface area (TPSA) is 68.1 Å². The molecule has 0 aliphatic carbocycles. The summed E-state index contributed by atoms with van der Waals surface area (Å²) in [6.07, 6.45) is 0. The molecule has 0 aromatic carbocycles. The molecule has 1 N–H and O–H groups in total. The number of carboxylic acids is 1. The van der Waals surface area contributed by atoms with Crippen molar-refractivity contribution in [2.45, 2.75) is 39.0 Å². The number of rotatable bonds is 6. The van der Waals surface area contributed by atoms with Crippen LogP contribution in [0, 0.1) is 0 Å². The second kappa shape index (κ2) is 5.37. The van der Waals surface area contributed by atoms with Crippen LogP contribution in [0.25, 0.3) is 0 Å². The van der Waals surface area contributed by atoms with Crippen molar-refractivity contribution in [3.63, 3.8) is 0 Å². The first kappa shape index (κ1) is 14.5. The molecule has 1 aliphatic heterocycles. The fourth-order valence-electron chi connectivity index (χ4n) is 1.56. The van der Waals surface area contributed by atoms with Crippen molar-refractivity contribution in [2.24, 2.45) is 4.99 Å². The van der Waals surface area contributed by atoms with Gasteiger partial charge >= 0.3 is 5.97 Å². The van der Waals surface area contributed by atoms with Gasteiger partial charge in [-0.15, -0.1) is 11.8 Å². The van der Waals surface area contributed by atoms with E-state index in [0.717, 1.165) is 0 Å². The molecule has 17 heavy (non-hydrogen) atoms. The summed E-state index contributed by atoms with van der Waals surface area (Å²) >= 11 is 1.38. The molecule has 0 radical (unpaired) electrons. The third kappa shape index (κ3) is 3.00. The van der Waals surface area contributed by atoms with Gasteiger partial charge in [-0.1, -0.05) is 0 Å². The monoisotopic (exact) mass is 261 g/mol. The number of carboxylic acid groups (broad SMARTS) is 1. The zero-order valence-electron chi connectivity index (χ0n) is 10.6. The Labute approximate surface area is 106 Å². The van der Waals surface area contributed by atoms with Gasteiger partial charge in [-0.05, 0) is 27.7 Å². The van der Waals surface area contributed by atoms with Gasteiger partial charge in [-0.25, -0.2) is 4.79 Å². The van der Waals surface area contributed by atoms with E-state index in [1.54, 1.807) is 13.8 Å². The molecule has 5 nitrogen and oxygen atoms in total. The van der Waals surface area contributed by atoms with Crippen LogP contribution in [0.2, 0.25) is 0 Å². The summed E-state index contributed by atoms with van der Waals surface area (Å²) in [6.45, 7) is 8.09. The number of carbonyl (C=O) groups is 1. The minimum atomic E-state index is -1.07. The molecule has 0 aromatic rings. The molecular formula is C11H19NO4S. The molecule has 1 heterocycles. The molecule has 0 aromatic heterocycles. The maximum Gasteiger partial charge on any atom is 0.332 e. The van der Waals surface area contributed by atoms with Crippen LogP contribution in [0.3, 0.4) is 0 Å². The Morgan fingerprint density at radius 2 is 2.06 bits per heavy atom. The average Bonchev–Trinajstić information content (AvgIpc) is 2.64. The lowest BCUT2D eigenvalue weighted by Gasteiger charge is -2.28. The minimum absolute atomic E-state index is 0.410. The number of aliphatic carboxylic acids is 1. The van der Waals surface area contributed by atoms with Crippen molar-refractivity contribution in [1.82, 2.24) is 0 Å². The lowest BCUT2D eigenvalue weighted by Crippen LogP contribution is -2.40. The normalized spacial score (nSPS) is 24.8. The summed E-state index contributed by atoms with van der Waals surface area (Å²) in [5.74, 6) is -1.44. The quantitative estimate of drug-likeness (QED) is 0.738. The van der Waals surface area contributed by atoms with Crippen molar-refractivity contribution >= 4 is 22.8 Å². The molecule has 1 atom stereocenters. The minimum Gasteiger partial charge on any atom is -0.479 e. The fraction of sp³-hybridized carbons (Fsp3) is 0.818. The van der Waals surface area contributed by atoms with E-state index < -0.39 is 17.3 Å². The van der Waals surface area contributed by atoms with Crippen molar-refractivity contribution in [2.75, 3.05) is 19.0 Å². The van der Waals surface area contributed by atoms with E-state index in [9.17, 15) is 4.79 Å². The predicted molar refractivity (Wildman–Crippen MR) is 67.6 cm³/mol. The Morgan fingerprint density at radius 1 is 1.53 bits per heavy atom. The van der Waals surface area contributed by atoms with E-state index in [1.807, 2.05) is 13.8 Å². The van der Waals surface area contributed by atoms with Crippen molar-refractivity contribution in [3.05, 3.63) is 0 Å². The van der Waals surface area contributed by atoms with Crippen molar-refractivity contribution in [3.8, 4) is 0 Å². The van der Waals surface area contributed by atoms with Crippen LogP contribution in [0.15, 0.2) is 4.99 Å². The lowest BCUT2D eigenvalue weighted by molar-refractivity contribution is -0.169. The van der Waals surface area contributed by atoms with E-state index in [-0.39, 0.29) is 0 Å². The molecule has 1 unspecified atom stereocenters. The molecule has 0 fully saturated rings. The van der Waals surface area contributed by atoms with Crippen LogP contribution >= 0.6 is 11.8 Å². The highest BCUT2D eigenvalue weighted by Gasteiger charge is 2.45. The molecule has 1 aliphatic rings. The molecule has 1 rings (SSSR count). The van der Waals surface area contributed by atoms with Gasteiger partial charge in [0.1, 0.15) is 5.04 Å². The summed E-state index contributed by atoms with van der Waals surface area (Å²) in [5.41, 5.74) is -1.07. The van der Waals surface area contributed by atoms with E-state index in [1.165, 1.54) is 11.8 Å². The molecular weight excluding hydrogens is 242 g/mol. The highest BCUT2D eigenvalue weighted by Crippen LogP contribution is 2.34. The maximum atomic E-state index is 11.1. The first-order chi connectivity index (χ1) is 7.88. The third-order valence-corrected chi connectivity index (χ3v) is 3.97. The number of nitrogens with zero attached hydrogens (tertiary/aromatic N) is 1. The van der Waals surface area contributed by atoms with Crippen LogP contribution in [0.5, 0.6) is 0 Å². The van der Waals surface area contributed by atoms with Gasteiger partial charge in [0.25, 0.3) is 0 Å². The van der Waals surface area contributed by atoms with E-state index in [2.05, 4.69) is 4.99 Å². The number of thioether (sulfide) groups is 1. The van der Waals surface area contributed by atoms with Crippen molar-refractivity contribution in [1.29, 1.82) is 0 Å². The highest BCUT2D eigenvalue weighted by atomic mass is 32.2. The SMILES string of the molecule is CCOC(C)(OCC)C1=NC(C)(C(=O)O)CS1. The number of aliphatic imine (C=N–C) groups is 1. The highest BCUT2D eigenvalue weighted by molar-refractivity contribution is 8.14. The van der Waals surface area contributed by atoms with Crippen molar-refractivity contribution < 1.29 is 19.4 Å². The zero-order valence-corrected chi connectivity index (χ0v) is 11.5. The van der Waals surface area contributed by atoms with E-state index >= 15 is 0 Å². The van der Waals surface area contributed by atoms with Gasteiger partial charge in [-0.3, -0.25) is 4.99 Å². The lowest BCUT2D eigenvalue weighted by atomic mass is 10.1. The number of hydrogen-bond acceptors (Lipinski definition) is 5. The Hall–Kier alpha value is -0.590. The summed E-state index contributed by atoms with van der Waals surface area (Å²) in [4.78, 5) is 15.4. The maximum absolute atomic E-state index is 11.1. The average molecular weight is 261 g/mol. The van der Waals surface area contributed by atoms with Gasteiger partial charge < -0.3 is 14.6 Å². The first-order valence-corrected chi connectivity index (χ1v) is 6.61. The van der Waals surface area contributed by atoms with Gasteiger partial charge in [0.05, 0.1) is 0 Å². The number of hydrogen-bond donors (Lipinski definition) is 1. The molecule has 6 heteroatoms. The Kier molecular flexibility index (Phi) is 4.57. The van der Waals surface area contributed by atoms with E-state index in [0.29, 0.717) is 24.0 Å². The Bertz CT molecular complexity index is 325. The second-order valence-corrected chi connectivity index (χ2v) is 5.06. The zero-order chi connectivity index (χ0) is 13.1. The summed E-state index contributed by atoms with van der Waals surface area (Å²) in [5, 5.41) is 9.72. The van der Waals surface area contributed by atoms with Crippen LogP contribution < -0.4 is 0 Å². The smallest absolute Gasteiger partial charge is 0.332 e. The molecule has 0 amide bonds. The second-order valence-electron chi connectivity index (χ2n) is 4.10. The molecule has 98 valence electrons. The van der Waals surface area contributed by atoms with Gasteiger partial charge in [0.2, 0.25) is 5.79 Å². The molecule has 0 bridgehead atoms. The molecule has 0 saturated heterocycles. The molecule has 0 spiro atoms. The van der Waals surface area contributed by atoms with Gasteiger partial charge in [0.15, 0.2) is 5.54 Å². The third-order valence-electron chi connectivity index (χ3n) is 2.53. The fourth-order valence-corrected chi connectivity index (χ4v) is 2.81. The summed E-state index contributed by atoms with van der Waals surface area (Å²) < 4.78 is 11.1. The predicted octanol–water partition coefficient (Wildman–Crippen LogP) is 1.76. The standard InChI is InChI=1S/C11H19NO4S/c1-5-15-11(4,16-6-2)8-12-10(3,7-17-8)9(13)14/h5-7H2,1-4H3,(H,13,14). The van der Waals surface area contributed by atoms with Crippen LogP contribution in [-0.2, 0) is 14.3 Å².